The predicted octanol–water partition coefficient (Wildman–Crippen LogP) is 3.59. The van der Waals surface area contributed by atoms with Crippen LogP contribution in [0, 0.1) is 5.41 Å². The number of fused-ring (bicyclic) bond motifs is 1. The van der Waals surface area contributed by atoms with Crippen molar-refractivity contribution < 1.29 is 28.6 Å². The van der Waals surface area contributed by atoms with Crippen LogP contribution in [0.25, 0.3) is 0 Å². The molecule has 0 spiro atoms. The van der Waals surface area contributed by atoms with Crippen LogP contribution in [0.2, 0.25) is 0 Å². The Morgan fingerprint density at radius 2 is 1.81 bits per heavy atom. The summed E-state index contributed by atoms with van der Waals surface area (Å²) in [7, 11) is 0. The molecule has 0 saturated carbocycles. The summed E-state index contributed by atoms with van der Waals surface area (Å²) >= 11 is 0. The molecule has 8 heteroatoms. The van der Waals surface area contributed by atoms with E-state index in [4.69, 9.17) is 14.2 Å². The summed E-state index contributed by atoms with van der Waals surface area (Å²) in [5.74, 6) is -0.383. The molecule has 2 atom stereocenters. The van der Waals surface area contributed by atoms with Crippen molar-refractivity contribution >= 4 is 18.2 Å². The van der Waals surface area contributed by atoms with Crippen molar-refractivity contribution in [2.75, 3.05) is 26.2 Å². The molecule has 0 bridgehead atoms. The normalized spacial score (nSPS) is 23.2. The number of piperidine rings is 1. The van der Waals surface area contributed by atoms with Gasteiger partial charge in [0.05, 0.1) is 12.6 Å². The Balaban J connectivity index is 1.79. The number of nitrogens with zero attached hydrogens (tertiary/aromatic N) is 2. The fraction of sp³-hybridized carbons (Fsp3) is 0.609. The number of hydrogen-bond donors (Lipinski definition) is 0. The number of benzene rings is 1. The largest absolute Gasteiger partial charge is 0.465 e. The highest BCUT2D eigenvalue weighted by Gasteiger charge is 2.59. The van der Waals surface area contributed by atoms with Crippen LogP contribution >= 0.6 is 0 Å². The maximum Gasteiger partial charge on any atom is 0.410 e. The molecule has 2 saturated heterocycles. The van der Waals surface area contributed by atoms with Crippen LogP contribution in [0.5, 0.6) is 0 Å². The van der Waals surface area contributed by atoms with Crippen molar-refractivity contribution in [1.82, 2.24) is 9.80 Å². The maximum atomic E-state index is 13.0. The van der Waals surface area contributed by atoms with Gasteiger partial charge in [-0.3, -0.25) is 4.79 Å². The van der Waals surface area contributed by atoms with Crippen LogP contribution in [-0.4, -0.2) is 65.8 Å². The summed E-state index contributed by atoms with van der Waals surface area (Å²) in [6.45, 7) is 8.35. The Hall–Kier alpha value is -2.77. The van der Waals surface area contributed by atoms with Crippen LogP contribution in [-0.2, 0) is 25.6 Å². The highest BCUT2D eigenvalue weighted by molar-refractivity contribution is 5.82. The second-order valence-electron chi connectivity index (χ2n) is 9.09. The van der Waals surface area contributed by atoms with Crippen LogP contribution < -0.4 is 0 Å². The van der Waals surface area contributed by atoms with Crippen LogP contribution in [0.4, 0.5) is 9.59 Å². The van der Waals surface area contributed by atoms with Gasteiger partial charge in [-0.15, -0.1) is 0 Å². The zero-order valence-electron chi connectivity index (χ0n) is 18.8. The molecular formula is C23H32N2O6. The maximum absolute atomic E-state index is 13.0. The third-order valence-electron chi connectivity index (χ3n) is 5.68. The second kappa shape index (κ2) is 9.16. The average Bonchev–Trinajstić information content (AvgIpc) is 3.13. The minimum atomic E-state index is -0.975. The Morgan fingerprint density at radius 3 is 2.45 bits per heavy atom. The minimum Gasteiger partial charge on any atom is -0.465 e. The summed E-state index contributed by atoms with van der Waals surface area (Å²) in [6.07, 6.45) is 0.177. The molecule has 1 aromatic carbocycles. The Morgan fingerprint density at radius 1 is 1.10 bits per heavy atom. The molecule has 3 rings (SSSR count). The lowest BCUT2D eigenvalue weighted by atomic mass is 9.75. The van der Waals surface area contributed by atoms with E-state index in [0.29, 0.717) is 19.4 Å². The molecule has 0 aromatic heterocycles. The predicted molar refractivity (Wildman–Crippen MR) is 113 cm³/mol. The lowest BCUT2D eigenvalue weighted by molar-refractivity contribution is -0.160. The second-order valence-corrected chi connectivity index (χ2v) is 9.09. The molecule has 2 aliphatic heterocycles. The zero-order chi connectivity index (χ0) is 22.6. The van der Waals surface area contributed by atoms with E-state index in [1.54, 1.807) is 32.6 Å². The smallest absolute Gasteiger partial charge is 0.410 e. The summed E-state index contributed by atoms with van der Waals surface area (Å²) < 4.78 is 16.4. The molecule has 2 fully saturated rings. The van der Waals surface area contributed by atoms with Gasteiger partial charge in [0, 0.05) is 19.6 Å². The van der Waals surface area contributed by atoms with E-state index in [-0.39, 0.29) is 32.3 Å². The van der Waals surface area contributed by atoms with Gasteiger partial charge in [0.2, 0.25) is 0 Å². The van der Waals surface area contributed by atoms with Gasteiger partial charge in [-0.1, -0.05) is 30.3 Å². The standard InChI is InChI=1S/C23H32N2O6/c1-5-29-19(26)23-12-9-13-25(21(28)31-22(2,3)4)18(23)14-24(16-23)20(27)30-15-17-10-7-6-8-11-17/h6-8,10-11,18H,5,9,12-16H2,1-4H3/t18-,23-/m0/s1. The Labute approximate surface area is 183 Å². The number of esters is 1. The van der Waals surface area contributed by atoms with Crippen LogP contribution in [0.15, 0.2) is 30.3 Å². The molecule has 170 valence electrons. The summed E-state index contributed by atoms with van der Waals surface area (Å²) in [6, 6.07) is 8.89. The summed E-state index contributed by atoms with van der Waals surface area (Å²) in [4.78, 5) is 41.8. The van der Waals surface area contributed by atoms with Gasteiger partial charge in [-0.2, -0.15) is 0 Å². The first-order valence-electron chi connectivity index (χ1n) is 10.8. The van der Waals surface area contributed by atoms with Crippen LogP contribution in [0.1, 0.15) is 46.1 Å². The first-order valence-corrected chi connectivity index (χ1v) is 10.8. The van der Waals surface area contributed by atoms with E-state index < -0.39 is 29.2 Å². The van der Waals surface area contributed by atoms with E-state index in [9.17, 15) is 14.4 Å². The molecule has 2 aliphatic rings. The van der Waals surface area contributed by atoms with Crippen molar-refractivity contribution in [3.8, 4) is 0 Å². The third-order valence-corrected chi connectivity index (χ3v) is 5.68. The van der Waals surface area contributed by atoms with Crippen molar-refractivity contribution in [3.05, 3.63) is 35.9 Å². The number of ether oxygens (including phenoxy) is 3. The summed E-state index contributed by atoms with van der Waals surface area (Å²) in [5, 5.41) is 0. The fourth-order valence-corrected chi connectivity index (χ4v) is 4.32. The monoisotopic (exact) mass is 432 g/mol. The van der Waals surface area contributed by atoms with Crippen molar-refractivity contribution in [2.45, 2.75) is 58.8 Å². The first-order chi connectivity index (χ1) is 14.7. The first kappa shape index (κ1) is 22.9. The Kier molecular flexibility index (Phi) is 6.77. The van der Waals surface area contributed by atoms with Gasteiger partial charge in [0.25, 0.3) is 0 Å². The lowest BCUT2D eigenvalue weighted by Gasteiger charge is -2.43. The number of hydrogen-bond acceptors (Lipinski definition) is 6. The molecule has 0 N–H and O–H groups in total. The molecule has 8 nitrogen and oxygen atoms in total. The topological polar surface area (TPSA) is 85.4 Å². The molecule has 0 aliphatic carbocycles. The number of carbonyl (C=O) groups is 3. The molecular weight excluding hydrogens is 400 g/mol. The minimum absolute atomic E-state index is 0.142. The fourth-order valence-electron chi connectivity index (χ4n) is 4.32. The molecule has 2 heterocycles. The molecule has 0 unspecified atom stereocenters. The Bertz CT molecular complexity index is 806. The molecule has 0 radical (unpaired) electrons. The highest BCUT2D eigenvalue weighted by Crippen LogP contribution is 2.43. The number of carbonyl (C=O) groups excluding carboxylic acids is 3. The number of likely N-dealkylation sites (tertiary alicyclic amines) is 2. The van der Waals surface area contributed by atoms with E-state index in [1.165, 1.54) is 4.90 Å². The van der Waals surface area contributed by atoms with Crippen molar-refractivity contribution in [2.24, 2.45) is 5.41 Å². The zero-order valence-corrected chi connectivity index (χ0v) is 18.8. The van der Waals surface area contributed by atoms with E-state index in [2.05, 4.69) is 0 Å². The molecule has 31 heavy (non-hydrogen) atoms. The lowest BCUT2D eigenvalue weighted by Crippen LogP contribution is -2.58. The summed E-state index contributed by atoms with van der Waals surface area (Å²) in [5.41, 5.74) is -0.756. The SMILES string of the molecule is CCOC(=O)[C@]12CCCN(C(=O)OC(C)(C)C)[C@H]1CN(C(=O)OCc1ccccc1)C2. The third kappa shape index (κ3) is 5.11. The van der Waals surface area contributed by atoms with Crippen molar-refractivity contribution in [3.63, 3.8) is 0 Å². The highest BCUT2D eigenvalue weighted by atomic mass is 16.6. The van der Waals surface area contributed by atoms with E-state index in [1.807, 2.05) is 30.3 Å². The number of rotatable bonds is 4. The van der Waals surface area contributed by atoms with Gasteiger partial charge in [-0.05, 0) is 46.1 Å². The molecule has 1 aromatic rings. The number of amides is 2. The van der Waals surface area contributed by atoms with E-state index in [0.717, 1.165) is 5.56 Å². The van der Waals surface area contributed by atoms with Crippen molar-refractivity contribution in [1.29, 1.82) is 0 Å². The van der Waals surface area contributed by atoms with Gasteiger partial charge in [-0.25, -0.2) is 9.59 Å². The van der Waals surface area contributed by atoms with Gasteiger partial charge >= 0.3 is 18.2 Å². The molecule has 2 amide bonds. The van der Waals surface area contributed by atoms with Crippen LogP contribution in [0.3, 0.4) is 0 Å². The average molecular weight is 433 g/mol. The van der Waals surface area contributed by atoms with E-state index >= 15 is 0 Å². The van der Waals surface area contributed by atoms with Gasteiger partial charge in [0.1, 0.15) is 17.6 Å². The van der Waals surface area contributed by atoms with Gasteiger partial charge in [0.15, 0.2) is 0 Å². The van der Waals surface area contributed by atoms with Gasteiger partial charge < -0.3 is 24.0 Å². The quantitative estimate of drug-likeness (QED) is 0.534.